The van der Waals surface area contributed by atoms with Crippen molar-refractivity contribution in [2.45, 2.75) is 39.3 Å². The summed E-state index contributed by atoms with van der Waals surface area (Å²) < 4.78 is 26.5. The Morgan fingerprint density at radius 3 is 1.94 bits per heavy atom. The van der Waals surface area contributed by atoms with Crippen molar-refractivity contribution in [3.63, 3.8) is 0 Å². The lowest BCUT2D eigenvalue weighted by molar-refractivity contribution is -0.131. The highest BCUT2D eigenvalue weighted by Crippen LogP contribution is 2.46. The molecule has 0 saturated carbocycles. The summed E-state index contributed by atoms with van der Waals surface area (Å²) >= 11 is 0. The quantitative estimate of drug-likeness (QED) is 0.408. The van der Waals surface area contributed by atoms with Crippen molar-refractivity contribution in [3.05, 3.63) is 101 Å². The van der Waals surface area contributed by atoms with Gasteiger partial charge in [0.15, 0.2) is 0 Å². The Labute approximate surface area is 208 Å². The molecule has 3 aromatic rings. The monoisotopic (exact) mass is 491 g/mol. The van der Waals surface area contributed by atoms with Gasteiger partial charge in [0, 0.05) is 5.69 Å². The normalized spacial score (nSPS) is 17.7. The minimum atomic E-state index is -0.767. The number of aryl methyl sites for hydroxylation is 1. The minimum absolute atomic E-state index is 0. The average molecular weight is 492 g/mol. The number of anilines is 1. The smallest absolute Gasteiger partial charge is 0.233 e. The molecular formula is C26H31F2NO2S2. The lowest BCUT2D eigenvalue weighted by Crippen LogP contribution is -2.55. The Balaban J connectivity index is 0.00000181. The van der Waals surface area contributed by atoms with Crippen LogP contribution in [0, 0.1) is 24.5 Å². The highest BCUT2D eigenvalue weighted by molar-refractivity contribution is 7.59. The van der Waals surface area contributed by atoms with Crippen molar-refractivity contribution in [2.75, 3.05) is 4.90 Å². The third-order valence-corrected chi connectivity index (χ3v) is 5.74. The average Bonchev–Trinajstić information content (AvgIpc) is 2.74. The van der Waals surface area contributed by atoms with Gasteiger partial charge in [-0.25, -0.2) is 8.78 Å². The van der Waals surface area contributed by atoms with Gasteiger partial charge >= 0.3 is 0 Å². The van der Waals surface area contributed by atoms with Crippen LogP contribution in [0.4, 0.5) is 14.5 Å². The van der Waals surface area contributed by atoms with Crippen molar-refractivity contribution in [1.29, 1.82) is 0 Å². The Bertz CT molecular complexity index is 1030. The van der Waals surface area contributed by atoms with E-state index in [4.69, 9.17) is 0 Å². The molecule has 1 saturated heterocycles. The molecule has 3 aromatic carbocycles. The van der Waals surface area contributed by atoms with Crippen LogP contribution in [0.1, 0.15) is 49.1 Å². The van der Waals surface area contributed by atoms with E-state index >= 15 is 0 Å². The zero-order valence-corrected chi connectivity index (χ0v) is 19.6. The van der Waals surface area contributed by atoms with Crippen LogP contribution in [0.5, 0.6) is 0 Å². The molecule has 178 valence electrons. The number of halogens is 2. The van der Waals surface area contributed by atoms with E-state index in [2.05, 4.69) is 0 Å². The van der Waals surface area contributed by atoms with E-state index in [9.17, 15) is 18.7 Å². The molecule has 0 radical (unpaired) electrons. The first-order chi connectivity index (χ1) is 14.4. The second-order valence-electron chi connectivity index (χ2n) is 7.79. The molecule has 1 amide bonds. The summed E-state index contributed by atoms with van der Waals surface area (Å²) in [5, 5.41) is 10.5. The number of hydrogen-bond acceptors (Lipinski definition) is 2. The fourth-order valence-corrected chi connectivity index (χ4v) is 4.05. The van der Waals surface area contributed by atoms with Crippen molar-refractivity contribution in [2.24, 2.45) is 5.92 Å². The molecule has 0 aromatic heterocycles. The zero-order chi connectivity index (χ0) is 21.3. The summed E-state index contributed by atoms with van der Waals surface area (Å²) in [7, 11) is 0. The van der Waals surface area contributed by atoms with E-state index in [1.54, 1.807) is 29.2 Å². The largest absolute Gasteiger partial charge is 0.388 e. The summed E-state index contributed by atoms with van der Waals surface area (Å²) in [6.45, 7) is 2.00. The number of carbonyl (C=O) groups is 1. The number of nitrogens with zero attached hydrogens (tertiary/aromatic N) is 1. The molecule has 4 rings (SSSR count). The van der Waals surface area contributed by atoms with Crippen LogP contribution in [-0.2, 0) is 4.79 Å². The van der Waals surface area contributed by atoms with Crippen molar-refractivity contribution < 1.29 is 18.7 Å². The van der Waals surface area contributed by atoms with Gasteiger partial charge in [-0.05, 0) is 67.3 Å². The lowest BCUT2D eigenvalue weighted by atomic mass is 9.78. The third kappa shape index (κ3) is 6.16. The zero-order valence-electron chi connectivity index (χ0n) is 17.6. The Hall–Kier alpha value is -2.35. The number of aliphatic hydroxyl groups excluding tert-OH is 1. The molecule has 0 spiro atoms. The molecule has 0 unspecified atom stereocenters. The molecule has 0 aliphatic carbocycles. The molecule has 3 nitrogen and oxygen atoms in total. The molecule has 1 aliphatic rings. The molecule has 1 fully saturated rings. The van der Waals surface area contributed by atoms with Crippen LogP contribution in [0.15, 0.2) is 72.8 Å². The van der Waals surface area contributed by atoms with Crippen molar-refractivity contribution >= 4 is 38.6 Å². The molecule has 33 heavy (non-hydrogen) atoms. The summed E-state index contributed by atoms with van der Waals surface area (Å²) in [6.07, 6.45) is 0.117. The number of benzene rings is 3. The van der Waals surface area contributed by atoms with E-state index in [1.807, 2.05) is 31.2 Å². The number of hydrogen-bond donors (Lipinski definition) is 1. The summed E-state index contributed by atoms with van der Waals surface area (Å²) in [5.41, 5.74) is 3.42. The lowest BCUT2D eigenvalue weighted by Gasteiger charge is -2.48. The summed E-state index contributed by atoms with van der Waals surface area (Å²) in [4.78, 5) is 14.7. The maximum Gasteiger partial charge on any atom is 0.233 e. The van der Waals surface area contributed by atoms with Crippen molar-refractivity contribution in [3.8, 4) is 0 Å². The first kappa shape index (κ1) is 28.7. The number of β-lactam (4-membered cyclic amide) rings is 1. The van der Waals surface area contributed by atoms with E-state index in [-0.39, 0.29) is 63.9 Å². The van der Waals surface area contributed by atoms with E-state index in [0.29, 0.717) is 24.1 Å². The Kier molecular flexibility index (Phi) is 10.6. The number of carbonyl (C=O) groups excluding carboxylic acids is 1. The molecule has 7 heteroatoms. The van der Waals surface area contributed by atoms with E-state index in [1.165, 1.54) is 24.3 Å². The van der Waals surface area contributed by atoms with Crippen LogP contribution in [0.25, 0.3) is 0 Å². The molecule has 0 bridgehead atoms. The fourth-order valence-electron chi connectivity index (χ4n) is 4.05. The highest BCUT2D eigenvalue weighted by Gasteiger charge is 2.48. The van der Waals surface area contributed by atoms with Gasteiger partial charge in [0.25, 0.3) is 0 Å². The third-order valence-electron chi connectivity index (χ3n) is 5.74. The van der Waals surface area contributed by atoms with Gasteiger partial charge in [0.2, 0.25) is 5.91 Å². The van der Waals surface area contributed by atoms with Crippen LogP contribution in [0.3, 0.4) is 0 Å². The SMILES string of the molecule is C.Cc1ccc([C@@H]2[C@@H](CC[C@H](O)c3ccc(F)cc3)C(=O)N2c2ccc(F)cc2)cc1.S.S. The van der Waals surface area contributed by atoms with E-state index < -0.39 is 6.10 Å². The summed E-state index contributed by atoms with van der Waals surface area (Å²) in [6, 6.07) is 19.5. The first-order valence-electron chi connectivity index (χ1n) is 10.0. The van der Waals surface area contributed by atoms with Crippen LogP contribution >= 0.6 is 27.0 Å². The number of aliphatic hydroxyl groups is 1. The van der Waals surface area contributed by atoms with Gasteiger partial charge in [-0.15, -0.1) is 0 Å². The van der Waals surface area contributed by atoms with Gasteiger partial charge in [0.05, 0.1) is 18.1 Å². The van der Waals surface area contributed by atoms with Crippen LogP contribution in [0.2, 0.25) is 0 Å². The second kappa shape index (κ2) is 12.2. The molecule has 1 heterocycles. The predicted molar refractivity (Wildman–Crippen MR) is 139 cm³/mol. The van der Waals surface area contributed by atoms with Crippen LogP contribution in [-0.4, -0.2) is 11.0 Å². The predicted octanol–water partition coefficient (Wildman–Crippen LogP) is 6.35. The number of amides is 1. The molecular weight excluding hydrogens is 460 g/mol. The summed E-state index contributed by atoms with van der Waals surface area (Å²) in [5.74, 6) is -1.03. The van der Waals surface area contributed by atoms with Gasteiger partial charge in [-0.3, -0.25) is 4.79 Å². The minimum Gasteiger partial charge on any atom is -0.388 e. The maximum absolute atomic E-state index is 13.4. The topological polar surface area (TPSA) is 40.5 Å². The van der Waals surface area contributed by atoms with Gasteiger partial charge in [-0.2, -0.15) is 27.0 Å². The van der Waals surface area contributed by atoms with Gasteiger partial charge in [-0.1, -0.05) is 49.4 Å². The van der Waals surface area contributed by atoms with Gasteiger partial charge in [0.1, 0.15) is 11.6 Å². The highest BCUT2D eigenvalue weighted by atomic mass is 32.1. The molecule has 1 aliphatic heterocycles. The molecule has 1 N–H and O–H groups in total. The second-order valence-corrected chi connectivity index (χ2v) is 7.79. The first-order valence-corrected chi connectivity index (χ1v) is 10.0. The Morgan fingerprint density at radius 1 is 0.879 bits per heavy atom. The van der Waals surface area contributed by atoms with E-state index in [0.717, 1.165) is 11.1 Å². The van der Waals surface area contributed by atoms with Gasteiger partial charge < -0.3 is 10.0 Å². The fraction of sp³-hybridized carbons (Fsp3) is 0.269. The van der Waals surface area contributed by atoms with Crippen molar-refractivity contribution in [1.82, 2.24) is 0 Å². The standard InChI is InChI=1S/C25H23F2NO2.CH4.2H2S/c1-16-2-4-18(5-3-16)24-22(14-15-23(29)17-6-8-19(26)9-7-17)25(30)28(24)21-12-10-20(27)11-13-21;;;/h2-13,22-24,29H,14-15H2,1H3;1H4;2*1H2/t22-,23+,24-;;;/m1.../s1. The Morgan fingerprint density at radius 2 is 1.39 bits per heavy atom. The maximum atomic E-state index is 13.4. The molecule has 3 atom stereocenters. The van der Waals surface area contributed by atoms with Crippen LogP contribution < -0.4 is 4.90 Å². The number of rotatable bonds is 6.